The largest absolute Gasteiger partial charge is 0.455 e. The van der Waals surface area contributed by atoms with E-state index in [0.717, 1.165) is 11.1 Å². The number of aryl methyl sites for hydroxylation is 1. The zero-order valence-corrected chi connectivity index (χ0v) is 20.1. The summed E-state index contributed by atoms with van der Waals surface area (Å²) in [5.41, 5.74) is 2.86. The molecular weight excluding hydrogens is 470 g/mol. The number of pyridine rings is 1. The predicted octanol–water partition coefficient (Wildman–Crippen LogP) is 4.91. The number of anilines is 1. The van der Waals surface area contributed by atoms with Gasteiger partial charge in [-0.15, -0.1) is 0 Å². The molecule has 37 heavy (non-hydrogen) atoms. The zero-order valence-electron chi connectivity index (χ0n) is 20.1. The molecule has 2 amide bonds. The Bertz CT molecular complexity index is 1390. The van der Waals surface area contributed by atoms with E-state index < -0.39 is 18.5 Å². The number of hydrogen-bond acceptors (Lipinski definition) is 6. The van der Waals surface area contributed by atoms with E-state index in [2.05, 4.69) is 15.6 Å². The summed E-state index contributed by atoms with van der Waals surface area (Å²) in [4.78, 5) is 42.0. The lowest BCUT2D eigenvalue weighted by Gasteiger charge is -2.13. The number of para-hydroxylation sites is 2. The Kier molecular flexibility index (Phi) is 8.23. The van der Waals surface area contributed by atoms with Crippen molar-refractivity contribution in [1.29, 1.82) is 0 Å². The minimum atomic E-state index is -0.723. The Morgan fingerprint density at radius 3 is 2.32 bits per heavy atom. The van der Waals surface area contributed by atoms with E-state index in [1.807, 2.05) is 31.2 Å². The maximum atomic E-state index is 12.8. The van der Waals surface area contributed by atoms with Crippen molar-refractivity contribution in [3.05, 3.63) is 120 Å². The van der Waals surface area contributed by atoms with Gasteiger partial charge < -0.3 is 20.1 Å². The van der Waals surface area contributed by atoms with Gasteiger partial charge in [0.15, 0.2) is 6.61 Å². The lowest BCUT2D eigenvalue weighted by Crippen LogP contribution is -2.26. The second kappa shape index (κ2) is 12.1. The van der Waals surface area contributed by atoms with Crippen molar-refractivity contribution in [2.45, 2.75) is 13.5 Å². The standard InChI is InChI=1S/C29H25N3O5/c1-20-12-14-21(15-13-20)17-31-28(34)23-8-2-4-10-25(23)32-27(33)19-36-29(35)24-9-3-5-11-26(24)37-22-7-6-16-30-18-22/h2-16,18H,17,19H2,1H3,(H,31,34)(H,32,33). The predicted molar refractivity (Wildman–Crippen MR) is 138 cm³/mol. The summed E-state index contributed by atoms with van der Waals surface area (Å²) < 4.78 is 10.9. The van der Waals surface area contributed by atoms with Gasteiger partial charge in [0.1, 0.15) is 17.1 Å². The van der Waals surface area contributed by atoms with Crippen LogP contribution in [0.4, 0.5) is 5.69 Å². The quantitative estimate of drug-likeness (QED) is 0.320. The second-order valence-corrected chi connectivity index (χ2v) is 8.13. The lowest BCUT2D eigenvalue weighted by atomic mass is 10.1. The monoisotopic (exact) mass is 495 g/mol. The van der Waals surface area contributed by atoms with Crippen LogP contribution in [0, 0.1) is 6.92 Å². The molecule has 0 bridgehead atoms. The van der Waals surface area contributed by atoms with Crippen LogP contribution in [0.1, 0.15) is 31.8 Å². The van der Waals surface area contributed by atoms with Crippen molar-refractivity contribution in [3.63, 3.8) is 0 Å². The normalized spacial score (nSPS) is 10.3. The topological polar surface area (TPSA) is 107 Å². The Balaban J connectivity index is 1.35. The first kappa shape index (κ1) is 25.1. The number of amides is 2. The first-order valence-electron chi connectivity index (χ1n) is 11.6. The maximum Gasteiger partial charge on any atom is 0.342 e. The highest BCUT2D eigenvalue weighted by Gasteiger charge is 2.18. The highest BCUT2D eigenvalue weighted by atomic mass is 16.5. The molecule has 8 heteroatoms. The number of rotatable bonds is 9. The summed E-state index contributed by atoms with van der Waals surface area (Å²) in [7, 11) is 0. The van der Waals surface area contributed by atoms with Crippen LogP contribution < -0.4 is 15.4 Å². The minimum Gasteiger partial charge on any atom is -0.455 e. The van der Waals surface area contributed by atoms with E-state index in [4.69, 9.17) is 9.47 Å². The minimum absolute atomic E-state index is 0.162. The van der Waals surface area contributed by atoms with Crippen molar-refractivity contribution in [2.24, 2.45) is 0 Å². The number of nitrogens with zero attached hydrogens (tertiary/aromatic N) is 1. The molecule has 0 fully saturated rings. The van der Waals surface area contributed by atoms with Gasteiger partial charge in [-0.1, -0.05) is 54.1 Å². The lowest BCUT2D eigenvalue weighted by molar-refractivity contribution is -0.119. The fraction of sp³-hybridized carbons (Fsp3) is 0.103. The summed E-state index contributed by atoms with van der Waals surface area (Å²) >= 11 is 0. The number of nitrogens with one attached hydrogen (secondary N) is 2. The highest BCUT2D eigenvalue weighted by Crippen LogP contribution is 2.25. The van der Waals surface area contributed by atoms with Gasteiger partial charge in [0.05, 0.1) is 17.4 Å². The summed E-state index contributed by atoms with van der Waals surface area (Å²) in [6.45, 7) is 1.80. The van der Waals surface area contributed by atoms with Gasteiger partial charge in [-0.2, -0.15) is 0 Å². The fourth-order valence-electron chi connectivity index (χ4n) is 3.43. The Morgan fingerprint density at radius 2 is 1.57 bits per heavy atom. The first-order valence-corrected chi connectivity index (χ1v) is 11.6. The third kappa shape index (κ3) is 7.02. The molecule has 186 valence electrons. The molecule has 2 N–H and O–H groups in total. The van der Waals surface area contributed by atoms with Gasteiger partial charge in [-0.05, 0) is 48.9 Å². The van der Waals surface area contributed by atoms with Crippen molar-refractivity contribution >= 4 is 23.5 Å². The molecule has 4 aromatic rings. The van der Waals surface area contributed by atoms with E-state index >= 15 is 0 Å². The molecule has 0 spiro atoms. The van der Waals surface area contributed by atoms with Crippen molar-refractivity contribution in [2.75, 3.05) is 11.9 Å². The number of carbonyl (C=O) groups is 3. The molecule has 0 aliphatic rings. The highest BCUT2D eigenvalue weighted by molar-refractivity contribution is 6.04. The van der Waals surface area contributed by atoms with Crippen LogP contribution in [-0.2, 0) is 16.1 Å². The Morgan fingerprint density at radius 1 is 0.838 bits per heavy atom. The number of benzene rings is 3. The summed E-state index contributed by atoms with van der Waals surface area (Å²) in [6.07, 6.45) is 3.13. The summed E-state index contributed by atoms with van der Waals surface area (Å²) in [6, 6.07) is 24.4. The van der Waals surface area contributed by atoms with Gasteiger partial charge in [-0.25, -0.2) is 4.79 Å². The number of carbonyl (C=O) groups excluding carboxylic acids is 3. The van der Waals surface area contributed by atoms with E-state index in [0.29, 0.717) is 23.5 Å². The molecular formula is C29H25N3O5. The average Bonchev–Trinajstić information content (AvgIpc) is 2.92. The van der Waals surface area contributed by atoms with Gasteiger partial charge >= 0.3 is 5.97 Å². The average molecular weight is 496 g/mol. The van der Waals surface area contributed by atoms with Gasteiger partial charge in [0.2, 0.25) is 0 Å². The zero-order chi connectivity index (χ0) is 26.0. The van der Waals surface area contributed by atoms with Crippen LogP contribution in [0.2, 0.25) is 0 Å². The van der Waals surface area contributed by atoms with Crippen LogP contribution >= 0.6 is 0 Å². The molecule has 0 radical (unpaired) electrons. The van der Waals surface area contributed by atoms with Crippen LogP contribution in [0.3, 0.4) is 0 Å². The second-order valence-electron chi connectivity index (χ2n) is 8.13. The van der Waals surface area contributed by atoms with E-state index in [-0.39, 0.29) is 17.2 Å². The van der Waals surface area contributed by atoms with E-state index in [1.54, 1.807) is 66.9 Å². The van der Waals surface area contributed by atoms with E-state index in [9.17, 15) is 14.4 Å². The molecule has 0 aliphatic heterocycles. The van der Waals surface area contributed by atoms with E-state index in [1.165, 1.54) is 6.20 Å². The number of hydrogen-bond donors (Lipinski definition) is 2. The van der Waals surface area contributed by atoms with Crippen molar-refractivity contribution in [3.8, 4) is 11.5 Å². The van der Waals surface area contributed by atoms with Crippen molar-refractivity contribution in [1.82, 2.24) is 10.3 Å². The molecule has 3 aromatic carbocycles. The first-order chi connectivity index (χ1) is 18.0. The van der Waals surface area contributed by atoms with Crippen LogP contribution in [0.5, 0.6) is 11.5 Å². The van der Waals surface area contributed by atoms with Gasteiger partial charge in [-0.3, -0.25) is 14.6 Å². The maximum absolute atomic E-state index is 12.8. The molecule has 0 unspecified atom stereocenters. The van der Waals surface area contributed by atoms with Crippen LogP contribution in [-0.4, -0.2) is 29.4 Å². The van der Waals surface area contributed by atoms with Crippen LogP contribution in [0.25, 0.3) is 0 Å². The molecule has 8 nitrogen and oxygen atoms in total. The summed E-state index contributed by atoms with van der Waals surface area (Å²) in [5, 5.41) is 5.49. The smallest absolute Gasteiger partial charge is 0.342 e. The summed E-state index contributed by atoms with van der Waals surface area (Å²) in [5.74, 6) is -0.916. The SMILES string of the molecule is Cc1ccc(CNC(=O)c2ccccc2NC(=O)COC(=O)c2ccccc2Oc2cccnc2)cc1. The number of esters is 1. The molecule has 4 rings (SSSR count). The molecule has 0 saturated carbocycles. The Hall–Kier alpha value is -4.98. The fourth-order valence-corrected chi connectivity index (χ4v) is 3.43. The Labute approximate surface area is 214 Å². The molecule has 1 aromatic heterocycles. The molecule has 1 heterocycles. The van der Waals surface area contributed by atoms with Gasteiger partial charge in [0.25, 0.3) is 11.8 Å². The number of ether oxygens (including phenoxy) is 2. The number of aromatic nitrogens is 1. The van der Waals surface area contributed by atoms with Crippen molar-refractivity contribution < 1.29 is 23.9 Å². The van der Waals surface area contributed by atoms with Crippen LogP contribution in [0.15, 0.2) is 97.3 Å². The molecule has 0 atom stereocenters. The van der Waals surface area contributed by atoms with Gasteiger partial charge in [0, 0.05) is 12.7 Å². The third-order valence-electron chi connectivity index (χ3n) is 5.32. The molecule has 0 saturated heterocycles. The third-order valence-corrected chi connectivity index (χ3v) is 5.32. The molecule has 0 aliphatic carbocycles.